The fourth-order valence-corrected chi connectivity index (χ4v) is 2.56. The molecule has 142 valence electrons. The van der Waals surface area contributed by atoms with Crippen molar-refractivity contribution in [1.29, 1.82) is 0 Å². The summed E-state index contributed by atoms with van der Waals surface area (Å²) in [6.45, 7) is 0.0665. The number of hydrogen-bond donors (Lipinski definition) is 2. The third-order valence-electron chi connectivity index (χ3n) is 3.65. The summed E-state index contributed by atoms with van der Waals surface area (Å²) in [5.74, 6) is -0.883. The third-order valence-corrected chi connectivity index (χ3v) is 4.13. The van der Waals surface area contributed by atoms with Gasteiger partial charge in [-0.2, -0.15) is 0 Å². The van der Waals surface area contributed by atoms with E-state index in [-0.39, 0.29) is 37.2 Å². The van der Waals surface area contributed by atoms with Crippen LogP contribution in [0.5, 0.6) is 0 Å². The van der Waals surface area contributed by atoms with Crippen molar-refractivity contribution >= 4 is 46.6 Å². The molecule has 0 unspecified atom stereocenters. The highest BCUT2D eigenvalue weighted by Gasteiger charge is 2.14. The molecule has 2 N–H and O–H groups in total. The van der Waals surface area contributed by atoms with Gasteiger partial charge in [-0.1, -0.05) is 29.3 Å². The monoisotopic (exact) mass is 407 g/mol. The van der Waals surface area contributed by atoms with Crippen molar-refractivity contribution in [3.05, 3.63) is 64.1 Å². The highest BCUT2D eigenvalue weighted by atomic mass is 35.5. The highest BCUT2D eigenvalue weighted by Crippen LogP contribution is 2.14. The molecule has 6 nitrogen and oxygen atoms in total. The van der Waals surface area contributed by atoms with Crippen molar-refractivity contribution < 1.29 is 14.4 Å². The molecule has 0 fully saturated rings. The Hall–Kier alpha value is -2.57. The summed E-state index contributed by atoms with van der Waals surface area (Å²) in [6.07, 6.45) is 0.0836. The first kappa shape index (κ1) is 20.7. The average Bonchev–Trinajstić information content (AvgIpc) is 2.61. The SMILES string of the molecule is CN(CC(=O)Nc1cccc(Cl)c1)C(=O)CCNC(=O)c1ccc(Cl)cc1. The predicted octanol–water partition coefficient (Wildman–Crippen LogP) is 3.21. The molecular weight excluding hydrogens is 389 g/mol. The Morgan fingerprint density at radius 3 is 2.37 bits per heavy atom. The van der Waals surface area contributed by atoms with Crippen molar-refractivity contribution in [3.63, 3.8) is 0 Å². The van der Waals surface area contributed by atoms with Crippen LogP contribution in [0.4, 0.5) is 5.69 Å². The minimum Gasteiger partial charge on any atom is -0.352 e. The molecule has 0 saturated carbocycles. The second-order valence-electron chi connectivity index (χ2n) is 5.82. The lowest BCUT2D eigenvalue weighted by atomic mass is 10.2. The van der Waals surface area contributed by atoms with Gasteiger partial charge in [-0.3, -0.25) is 14.4 Å². The number of hydrogen-bond acceptors (Lipinski definition) is 3. The molecule has 0 bridgehead atoms. The molecule has 2 rings (SSSR count). The van der Waals surface area contributed by atoms with Gasteiger partial charge in [-0.05, 0) is 42.5 Å². The second-order valence-corrected chi connectivity index (χ2v) is 6.69. The number of rotatable bonds is 7. The van der Waals surface area contributed by atoms with Crippen LogP contribution in [0.2, 0.25) is 10.0 Å². The minimum absolute atomic E-state index is 0.0836. The molecule has 0 aliphatic rings. The second kappa shape index (κ2) is 9.94. The van der Waals surface area contributed by atoms with Gasteiger partial charge in [-0.25, -0.2) is 0 Å². The van der Waals surface area contributed by atoms with Crippen LogP contribution in [0.15, 0.2) is 48.5 Å². The molecule has 8 heteroatoms. The van der Waals surface area contributed by atoms with E-state index in [0.29, 0.717) is 21.3 Å². The summed E-state index contributed by atoms with van der Waals surface area (Å²) >= 11 is 11.6. The number of likely N-dealkylation sites (N-methyl/N-ethyl adjacent to an activating group) is 1. The van der Waals surface area contributed by atoms with Crippen LogP contribution in [0.3, 0.4) is 0 Å². The molecule has 27 heavy (non-hydrogen) atoms. The van der Waals surface area contributed by atoms with Gasteiger partial charge in [0, 0.05) is 41.3 Å². The van der Waals surface area contributed by atoms with E-state index in [4.69, 9.17) is 23.2 Å². The Morgan fingerprint density at radius 1 is 1.00 bits per heavy atom. The van der Waals surface area contributed by atoms with E-state index in [9.17, 15) is 14.4 Å². The summed E-state index contributed by atoms with van der Waals surface area (Å²) in [4.78, 5) is 37.4. The molecule has 0 radical (unpaired) electrons. The van der Waals surface area contributed by atoms with E-state index in [0.717, 1.165) is 0 Å². The zero-order valence-corrected chi connectivity index (χ0v) is 16.2. The maximum absolute atomic E-state index is 12.1. The molecule has 0 heterocycles. The molecule has 0 aromatic heterocycles. The Labute approximate surface area is 167 Å². The first-order chi connectivity index (χ1) is 12.8. The number of anilines is 1. The summed E-state index contributed by atoms with van der Waals surface area (Å²) in [5.41, 5.74) is 1.02. The molecule has 2 aromatic carbocycles. The molecule has 0 spiro atoms. The van der Waals surface area contributed by atoms with E-state index in [1.54, 1.807) is 48.5 Å². The van der Waals surface area contributed by atoms with Gasteiger partial charge in [0.1, 0.15) is 0 Å². The third kappa shape index (κ3) is 6.92. The molecule has 0 atom stereocenters. The van der Waals surface area contributed by atoms with Crippen LogP contribution in [0.25, 0.3) is 0 Å². The molecular formula is C19H19Cl2N3O3. The van der Waals surface area contributed by atoms with Crippen LogP contribution < -0.4 is 10.6 Å². The van der Waals surface area contributed by atoms with Crippen LogP contribution in [0, 0.1) is 0 Å². The Kier molecular flexibility index (Phi) is 7.64. The standard InChI is InChI=1S/C19H19Cl2N3O3/c1-24(12-17(25)23-16-4-2-3-15(21)11-16)18(26)9-10-22-19(27)13-5-7-14(20)8-6-13/h2-8,11H,9-10,12H2,1H3,(H,22,27)(H,23,25). The fourth-order valence-electron chi connectivity index (χ4n) is 2.25. The summed E-state index contributed by atoms with van der Waals surface area (Å²) in [6, 6.07) is 13.2. The van der Waals surface area contributed by atoms with Crippen LogP contribution >= 0.6 is 23.2 Å². The summed E-state index contributed by atoms with van der Waals surface area (Å²) < 4.78 is 0. The fraction of sp³-hybridized carbons (Fsp3) is 0.211. The minimum atomic E-state index is -0.335. The van der Waals surface area contributed by atoms with Crippen molar-refractivity contribution in [3.8, 4) is 0 Å². The first-order valence-electron chi connectivity index (χ1n) is 8.18. The number of nitrogens with one attached hydrogen (secondary N) is 2. The molecule has 0 aliphatic heterocycles. The molecule has 2 aromatic rings. The van der Waals surface area contributed by atoms with Crippen LogP contribution in [-0.4, -0.2) is 42.8 Å². The Morgan fingerprint density at radius 2 is 1.70 bits per heavy atom. The lowest BCUT2D eigenvalue weighted by Gasteiger charge is -2.17. The van der Waals surface area contributed by atoms with Crippen LogP contribution in [-0.2, 0) is 9.59 Å². The van der Waals surface area contributed by atoms with E-state index in [2.05, 4.69) is 10.6 Å². The molecule has 3 amide bonds. The number of carbonyl (C=O) groups excluding carboxylic acids is 3. The van der Waals surface area contributed by atoms with Crippen molar-refractivity contribution in [1.82, 2.24) is 10.2 Å². The zero-order valence-electron chi connectivity index (χ0n) is 14.7. The van der Waals surface area contributed by atoms with E-state index in [1.807, 2.05) is 0 Å². The summed E-state index contributed by atoms with van der Waals surface area (Å²) in [7, 11) is 1.53. The largest absolute Gasteiger partial charge is 0.352 e. The number of amides is 3. The normalized spacial score (nSPS) is 10.2. The Bertz CT molecular complexity index is 825. The zero-order chi connectivity index (χ0) is 19.8. The van der Waals surface area contributed by atoms with Gasteiger partial charge in [0.05, 0.1) is 6.54 Å². The van der Waals surface area contributed by atoms with E-state index in [1.165, 1.54) is 11.9 Å². The lowest BCUT2D eigenvalue weighted by molar-refractivity contribution is -0.133. The predicted molar refractivity (Wildman–Crippen MR) is 106 cm³/mol. The van der Waals surface area contributed by atoms with Crippen molar-refractivity contribution in [2.75, 3.05) is 25.5 Å². The van der Waals surface area contributed by atoms with E-state index < -0.39 is 0 Å². The smallest absolute Gasteiger partial charge is 0.251 e. The van der Waals surface area contributed by atoms with E-state index >= 15 is 0 Å². The average molecular weight is 408 g/mol. The number of benzene rings is 2. The number of carbonyl (C=O) groups is 3. The lowest BCUT2D eigenvalue weighted by Crippen LogP contribution is -2.37. The maximum Gasteiger partial charge on any atom is 0.251 e. The van der Waals surface area contributed by atoms with Gasteiger partial charge >= 0.3 is 0 Å². The van der Waals surface area contributed by atoms with Crippen molar-refractivity contribution in [2.24, 2.45) is 0 Å². The number of nitrogens with zero attached hydrogens (tertiary/aromatic N) is 1. The van der Waals surface area contributed by atoms with Gasteiger partial charge < -0.3 is 15.5 Å². The molecule has 0 aliphatic carbocycles. The quantitative estimate of drug-likeness (QED) is 0.739. The summed E-state index contributed by atoms with van der Waals surface area (Å²) in [5, 5.41) is 6.38. The highest BCUT2D eigenvalue weighted by molar-refractivity contribution is 6.31. The molecule has 0 saturated heterocycles. The van der Waals surface area contributed by atoms with Crippen LogP contribution in [0.1, 0.15) is 16.8 Å². The number of halogens is 2. The van der Waals surface area contributed by atoms with Gasteiger partial charge in [-0.15, -0.1) is 0 Å². The Balaban J connectivity index is 1.74. The van der Waals surface area contributed by atoms with Gasteiger partial charge in [0.15, 0.2) is 0 Å². The van der Waals surface area contributed by atoms with Gasteiger partial charge in [0.2, 0.25) is 11.8 Å². The maximum atomic E-state index is 12.1. The van der Waals surface area contributed by atoms with Crippen molar-refractivity contribution in [2.45, 2.75) is 6.42 Å². The first-order valence-corrected chi connectivity index (χ1v) is 8.94. The van der Waals surface area contributed by atoms with Gasteiger partial charge in [0.25, 0.3) is 5.91 Å². The topological polar surface area (TPSA) is 78.5 Å².